The molecule has 0 aliphatic rings. The third-order valence-electron chi connectivity index (χ3n) is 3.74. The monoisotopic (exact) mass is 308 g/mol. The zero-order chi connectivity index (χ0) is 16.3. The molecule has 0 aliphatic carbocycles. The van der Waals surface area contributed by atoms with Crippen molar-refractivity contribution >= 4 is 13.3 Å². The fraction of sp³-hybridized carbons (Fsp3) is 0.368. The molecule has 0 amide bonds. The molecule has 0 spiro atoms. The first-order valence-electron chi connectivity index (χ1n) is 7.81. The molecule has 0 radical (unpaired) electrons. The van der Waals surface area contributed by atoms with Crippen LogP contribution in [0.5, 0.6) is 0 Å². The van der Waals surface area contributed by atoms with Gasteiger partial charge in [0.1, 0.15) is 0 Å². The zero-order valence-corrected chi connectivity index (χ0v) is 15.1. The molecular weight excluding hydrogens is 284 g/mol. The molecule has 0 unspecified atom stereocenters. The van der Waals surface area contributed by atoms with Crippen molar-refractivity contribution in [1.82, 2.24) is 4.98 Å². The minimum atomic E-state index is -1.39. The summed E-state index contributed by atoms with van der Waals surface area (Å²) in [5.41, 5.74) is 4.20. The predicted octanol–water partition coefficient (Wildman–Crippen LogP) is 4.36. The topological polar surface area (TPSA) is 36.7 Å². The van der Waals surface area contributed by atoms with Crippen molar-refractivity contribution in [3.8, 4) is 17.3 Å². The highest BCUT2D eigenvalue weighted by atomic mass is 28.3. The molecule has 22 heavy (non-hydrogen) atoms. The Bertz CT molecular complexity index is 689. The summed E-state index contributed by atoms with van der Waals surface area (Å²) < 4.78 is 0. The Morgan fingerprint density at radius 3 is 2.27 bits per heavy atom. The van der Waals surface area contributed by atoms with Gasteiger partial charge < -0.3 is 0 Å². The van der Waals surface area contributed by atoms with E-state index in [9.17, 15) is 0 Å². The Morgan fingerprint density at radius 2 is 1.77 bits per heavy atom. The largest absolute Gasteiger partial charge is 0.256 e. The number of hydrogen-bond acceptors (Lipinski definition) is 2. The normalized spacial score (nSPS) is 11.5. The predicted molar refractivity (Wildman–Crippen MR) is 95.9 cm³/mol. The van der Waals surface area contributed by atoms with Gasteiger partial charge in [0.05, 0.1) is 25.4 Å². The molecule has 114 valence electrons. The average Bonchev–Trinajstić information content (AvgIpc) is 2.45. The molecule has 0 N–H and O–H groups in total. The first-order valence-corrected chi connectivity index (χ1v) is 11.3. The molecule has 1 aromatic carbocycles. The van der Waals surface area contributed by atoms with Crippen molar-refractivity contribution in [2.24, 2.45) is 5.92 Å². The standard InChI is InChI=1S/C19H24N2Si/c1-14(2)10-17-11-18(21-13-19(17)22(3,4)5)16-8-6-15(12-20)7-9-16/h6-9,11,13-14H,10H2,1-5H3. The van der Waals surface area contributed by atoms with Gasteiger partial charge in [-0.15, -0.1) is 0 Å². The van der Waals surface area contributed by atoms with Gasteiger partial charge in [-0.2, -0.15) is 5.26 Å². The van der Waals surface area contributed by atoms with Crippen molar-refractivity contribution in [2.45, 2.75) is 39.9 Å². The van der Waals surface area contributed by atoms with Gasteiger partial charge in [0.2, 0.25) is 0 Å². The summed E-state index contributed by atoms with van der Waals surface area (Å²) in [4.78, 5) is 4.69. The first-order chi connectivity index (χ1) is 10.3. The smallest absolute Gasteiger partial charge is 0.0991 e. The van der Waals surface area contributed by atoms with Gasteiger partial charge in [0.25, 0.3) is 0 Å². The number of pyridine rings is 1. The maximum atomic E-state index is 8.91. The minimum absolute atomic E-state index is 0.631. The van der Waals surface area contributed by atoms with E-state index in [1.165, 1.54) is 10.8 Å². The molecule has 2 rings (SSSR count). The van der Waals surface area contributed by atoms with Crippen LogP contribution in [0.15, 0.2) is 36.5 Å². The lowest BCUT2D eigenvalue weighted by atomic mass is 10.0. The van der Waals surface area contributed by atoms with Crippen molar-refractivity contribution < 1.29 is 0 Å². The molecule has 0 saturated heterocycles. The van der Waals surface area contributed by atoms with Gasteiger partial charge in [0, 0.05) is 11.8 Å². The van der Waals surface area contributed by atoms with Gasteiger partial charge in [0.15, 0.2) is 0 Å². The summed E-state index contributed by atoms with van der Waals surface area (Å²) in [6.07, 6.45) is 3.17. The Hall–Kier alpha value is -1.92. The molecule has 0 atom stereocenters. The first kappa shape index (κ1) is 16.4. The average molecular weight is 309 g/mol. The molecular formula is C19H24N2Si. The zero-order valence-electron chi connectivity index (χ0n) is 14.1. The van der Waals surface area contributed by atoms with Crippen molar-refractivity contribution in [3.63, 3.8) is 0 Å². The van der Waals surface area contributed by atoms with Crippen LogP contribution in [0, 0.1) is 17.2 Å². The van der Waals surface area contributed by atoms with E-state index >= 15 is 0 Å². The van der Waals surface area contributed by atoms with E-state index in [1.807, 2.05) is 24.3 Å². The van der Waals surface area contributed by atoms with Gasteiger partial charge in [-0.1, -0.05) is 45.6 Å². The Kier molecular flexibility index (Phi) is 4.83. The highest BCUT2D eigenvalue weighted by Crippen LogP contribution is 2.21. The van der Waals surface area contributed by atoms with Crippen molar-refractivity contribution in [3.05, 3.63) is 47.7 Å². The summed E-state index contributed by atoms with van der Waals surface area (Å²) in [6.45, 7) is 11.6. The third-order valence-corrected chi connectivity index (χ3v) is 5.80. The number of nitrogens with zero attached hydrogens (tertiary/aromatic N) is 2. The van der Waals surface area contributed by atoms with Crippen LogP contribution in [0.1, 0.15) is 25.0 Å². The quantitative estimate of drug-likeness (QED) is 0.787. The molecule has 0 saturated carbocycles. The van der Waals surface area contributed by atoms with Crippen molar-refractivity contribution in [2.75, 3.05) is 0 Å². The second kappa shape index (κ2) is 6.45. The molecule has 2 nitrogen and oxygen atoms in total. The number of hydrogen-bond donors (Lipinski definition) is 0. The van der Waals surface area contributed by atoms with Crippen LogP contribution >= 0.6 is 0 Å². The molecule has 2 aromatic rings. The van der Waals surface area contributed by atoms with Crippen LogP contribution in [0.3, 0.4) is 0 Å². The number of aromatic nitrogens is 1. The van der Waals surface area contributed by atoms with Crippen LogP contribution < -0.4 is 5.19 Å². The van der Waals surface area contributed by atoms with Crippen molar-refractivity contribution in [1.29, 1.82) is 5.26 Å². The Balaban J connectivity index is 2.47. The van der Waals surface area contributed by atoms with Crippen LogP contribution in [-0.2, 0) is 6.42 Å². The lowest BCUT2D eigenvalue weighted by molar-refractivity contribution is 0.649. The Labute approximate surface area is 134 Å². The van der Waals surface area contributed by atoms with E-state index in [1.54, 1.807) is 0 Å². The molecule has 3 heteroatoms. The highest BCUT2D eigenvalue weighted by Gasteiger charge is 2.21. The molecule has 0 aliphatic heterocycles. The van der Waals surface area contributed by atoms with Gasteiger partial charge >= 0.3 is 0 Å². The van der Waals surface area contributed by atoms with Crippen LogP contribution in [0.25, 0.3) is 11.3 Å². The fourth-order valence-corrected chi connectivity index (χ4v) is 4.24. The van der Waals surface area contributed by atoms with Gasteiger partial charge in [-0.3, -0.25) is 4.98 Å². The second-order valence-corrected chi connectivity index (χ2v) is 12.3. The molecule has 0 bridgehead atoms. The molecule has 1 aromatic heterocycles. The van der Waals surface area contributed by atoms with Crippen LogP contribution in [-0.4, -0.2) is 13.1 Å². The highest BCUT2D eigenvalue weighted by molar-refractivity contribution is 6.89. The fourth-order valence-electron chi connectivity index (χ4n) is 2.65. The van der Waals surface area contributed by atoms with E-state index < -0.39 is 8.07 Å². The number of rotatable bonds is 4. The third kappa shape index (κ3) is 3.83. The summed E-state index contributed by atoms with van der Waals surface area (Å²) in [6, 6.07) is 12.1. The van der Waals surface area contributed by atoms with E-state index in [0.717, 1.165) is 17.7 Å². The van der Waals surface area contributed by atoms with E-state index in [0.29, 0.717) is 11.5 Å². The van der Waals surface area contributed by atoms with E-state index in [-0.39, 0.29) is 0 Å². The van der Waals surface area contributed by atoms with E-state index in [4.69, 9.17) is 10.2 Å². The summed E-state index contributed by atoms with van der Waals surface area (Å²) in [5.74, 6) is 0.631. The summed E-state index contributed by atoms with van der Waals surface area (Å²) >= 11 is 0. The second-order valence-electron chi connectivity index (χ2n) is 7.26. The van der Waals surface area contributed by atoms with Gasteiger partial charge in [-0.25, -0.2) is 0 Å². The van der Waals surface area contributed by atoms with Crippen LogP contribution in [0.2, 0.25) is 19.6 Å². The molecule has 0 fully saturated rings. The SMILES string of the molecule is CC(C)Cc1cc(-c2ccc(C#N)cc2)ncc1[Si](C)(C)C. The Morgan fingerprint density at radius 1 is 1.14 bits per heavy atom. The van der Waals surface area contributed by atoms with Gasteiger partial charge in [-0.05, 0) is 41.3 Å². The molecule has 1 heterocycles. The number of benzene rings is 1. The van der Waals surface area contributed by atoms with Crippen LogP contribution in [0.4, 0.5) is 0 Å². The lowest BCUT2D eigenvalue weighted by Crippen LogP contribution is -2.40. The summed E-state index contributed by atoms with van der Waals surface area (Å²) in [7, 11) is -1.39. The summed E-state index contributed by atoms with van der Waals surface area (Å²) in [5, 5.41) is 10.4. The maximum absolute atomic E-state index is 8.91. The maximum Gasteiger partial charge on any atom is 0.0991 e. The lowest BCUT2D eigenvalue weighted by Gasteiger charge is -2.22. The number of nitriles is 1. The minimum Gasteiger partial charge on any atom is -0.256 e. The van der Waals surface area contributed by atoms with E-state index in [2.05, 4.69) is 51.8 Å².